The Morgan fingerprint density at radius 1 is 0.677 bits per heavy atom. The number of hydrogen-bond donors (Lipinski definition) is 2. The number of benzene rings is 2. The second kappa shape index (κ2) is 13.0. The van der Waals surface area contributed by atoms with Gasteiger partial charge in [-0.1, -0.05) is 6.42 Å². The first-order valence-electron chi connectivity index (χ1n) is 10.1. The van der Waals surface area contributed by atoms with Gasteiger partial charge in [0, 0.05) is 24.8 Å². The molecule has 2 N–H and O–H groups in total. The van der Waals surface area contributed by atoms with Crippen LogP contribution in [0.1, 0.15) is 56.8 Å². The van der Waals surface area contributed by atoms with Crippen LogP contribution >= 0.6 is 0 Å². The summed E-state index contributed by atoms with van der Waals surface area (Å²) in [7, 11) is 2.98. The Bertz CT molecular complexity index is 849. The summed E-state index contributed by atoms with van der Waals surface area (Å²) in [4.78, 5) is 35.8. The van der Waals surface area contributed by atoms with E-state index in [2.05, 4.69) is 15.6 Å². The van der Waals surface area contributed by atoms with Gasteiger partial charge in [0.1, 0.15) is 5.75 Å². The van der Waals surface area contributed by atoms with Crippen molar-refractivity contribution in [1.29, 1.82) is 0 Å². The molecule has 0 aliphatic rings. The second-order valence-corrected chi connectivity index (χ2v) is 6.76. The molecule has 0 aromatic heterocycles. The lowest BCUT2D eigenvalue weighted by Gasteiger charge is -2.09. The van der Waals surface area contributed by atoms with Crippen LogP contribution in [0.2, 0.25) is 0 Å². The molecule has 0 aliphatic heterocycles. The summed E-state index contributed by atoms with van der Waals surface area (Å²) in [5, 5.41) is 0. The summed E-state index contributed by atoms with van der Waals surface area (Å²) < 4.78 is 15.3. The zero-order chi connectivity index (χ0) is 22.5. The Hall–Kier alpha value is -3.39. The average Bonchev–Trinajstić information content (AvgIpc) is 2.81. The van der Waals surface area contributed by atoms with Gasteiger partial charge in [0.05, 0.1) is 19.3 Å². The highest BCUT2D eigenvalue weighted by molar-refractivity contribution is 5.99. The molecule has 2 rings (SSSR count). The molecular formula is C23H28N2O6. The summed E-state index contributed by atoms with van der Waals surface area (Å²) in [6.45, 7) is 1.40. The van der Waals surface area contributed by atoms with Crippen molar-refractivity contribution in [3.63, 3.8) is 0 Å². The van der Waals surface area contributed by atoms with Crippen molar-refractivity contribution in [2.45, 2.75) is 25.7 Å². The lowest BCUT2D eigenvalue weighted by atomic mass is 10.1. The molecule has 8 heteroatoms. The Morgan fingerprint density at radius 3 is 1.68 bits per heavy atom. The highest BCUT2D eigenvalue weighted by Crippen LogP contribution is 2.13. The van der Waals surface area contributed by atoms with Gasteiger partial charge in [0.25, 0.3) is 11.8 Å². The normalized spacial score (nSPS) is 10.3. The van der Waals surface area contributed by atoms with Crippen LogP contribution in [0.15, 0.2) is 48.5 Å². The fraction of sp³-hybridized carbons (Fsp3) is 0.348. The SMILES string of the molecule is COCCCCCCOc1ccc(C(=O)NNC(=O)c2ccc(C(=O)OC)cc2)cc1. The lowest BCUT2D eigenvalue weighted by Crippen LogP contribution is -2.41. The Morgan fingerprint density at radius 2 is 1.16 bits per heavy atom. The van der Waals surface area contributed by atoms with E-state index in [0.29, 0.717) is 29.0 Å². The standard InChI is InChI=1S/C23H28N2O6/c1-29-15-5-3-4-6-16-31-20-13-11-18(12-14-20)22(27)25-24-21(26)17-7-9-19(10-8-17)23(28)30-2/h7-14H,3-6,15-16H2,1-2H3,(H,24,26)(H,25,27). The number of carbonyl (C=O) groups is 3. The molecule has 2 aromatic carbocycles. The number of hydrazine groups is 1. The summed E-state index contributed by atoms with van der Waals surface area (Å²) in [6, 6.07) is 12.6. The molecule has 0 saturated carbocycles. The van der Waals surface area contributed by atoms with E-state index in [-0.39, 0.29) is 0 Å². The zero-order valence-corrected chi connectivity index (χ0v) is 17.8. The van der Waals surface area contributed by atoms with E-state index in [1.807, 2.05) is 0 Å². The van der Waals surface area contributed by atoms with E-state index in [4.69, 9.17) is 9.47 Å². The number of nitrogens with one attached hydrogen (secondary N) is 2. The summed E-state index contributed by atoms with van der Waals surface area (Å²) in [6.07, 6.45) is 4.20. The molecule has 0 aliphatic carbocycles. The molecule has 0 atom stereocenters. The van der Waals surface area contributed by atoms with Crippen molar-refractivity contribution in [3.05, 3.63) is 65.2 Å². The third kappa shape index (κ3) is 8.10. The zero-order valence-electron chi connectivity index (χ0n) is 17.8. The molecular weight excluding hydrogens is 400 g/mol. The van der Waals surface area contributed by atoms with Gasteiger partial charge in [0.2, 0.25) is 0 Å². The van der Waals surface area contributed by atoms with Crippen LogP contribution in [0.5, 0.6) is 5.75 Å². The molecule has 8 nitrogen and oxygen atoms in total. The fourth-order valence-corrected chi connectivity index (χ4v) is 2.73. The topological polar surface area (TPSA) is 103 Å². The van der Waals surface area contributed by atoms with Gasteiger partial charge >= 0.3 is 5.97 Å². The maximum absolute atomic E-state index is 12.2. The van der Waals surface area contributed by atoms with E-state index < -0.39 is 17.8 Å². The van der Waals surface area contributed by atoms with Crippen molar-refractivity contribution >= 4 is 17.8 Å². The minimum atomic E-state index is -0.504. The predicted octanol–water partition coefficient (Wildman–Crippen LogP) is 3.13. The van der Waals surface area contributed by atoms with Gasteiger partial charge < -0.3 is 14.2 Å². The Balaban J connectivity index is 1.74. The van der Waals surface area contributed by atoms with Gasteiger partial charge in [-0.05, 0) is 67.8 Å². The Labute approximate surface area is 181 Å². The first-order chi connectivity index (χ1) is 15.0. The smallest absolute Gasteiger partial charge is 0.337 e. The molecule has 31 heavy (non-hydrogen) atoms. The van der Waals surface area contributed by atoms with Crippen molar-refractivity contribution in [1.82, 2.24) is 10.9 Å². The first kappa shape index (κ1) is 23.9. The summed E-state index contributed by atoms with van der Waals surface area (Å²) in [5.74, 6) is -0.766. The minimum absolute atomic E-state index is 0.291. The van der Waals surface area contributed by atoms with E-state index in [0.717, 1.165) is 32.3 Å². The van der Waals surface area contributed by atoms with Gasteiger partial charge in [-0.15, -0.1) is 0 Å². The van der Waals surface area contributed by atoms with Gasteiger partial charge in [0.15, 0.2) is 0 Å². The molecule has 0 bridgehead atoms. The largest absolute Gasteiger partial charge is 0.494 e. The fourth-order valence-electron chi connectivity index (χ4n) is 2.73. The van der Waals surface area contributed by atoms with Crippen molar-refractivity contribution in [2.24, 2.45) is 0 Å². The third-order valence-corrected chi connectivity index (χ3v) is 4.49. The number of methoxy groups -OCH3 is 2. The number of ether oxygens (including phenoxy) is 3. The highest BCUT2D eigenvalue weighted by Gasteiger charge is 2.11. The van der Waals surface area contributed by atoms with Crippen LogP contribution in [0.4, 0.5) is 0 Å². The van der Waals surface area contributed by atoms with Crippen LogP contribution in [-0.4, -0.2) is 45.2 Å². The van der Waals surface area contributed by atoms with Crippen LogP contribution < -0.4 is 15.6 Å². The number of amides is 2. The summed E-state index contributed by atoms with van der Waals surface area (Å²) in [5.41, 5.74) is 5.71. The number of hydrogen-bond acceptors (Lipinski definition) is 6. The molecule has 0 heterocycles. The van der Waals surface area contributed by atoms with Gasteiger partial charge in [-0.25, -0.2) is 4.79 Å². The van der Waals surface area contributed by atoms with Crippen LogP contribution in [-0.2, 0) is 9.47 Å². The molecule has 0 spiro atoms. The van der Waals surface area contributed by atoms with Crippen LogP contribution in [0.3, 0.4) is 0 Å². The first-order valence-corrected chi connectivity index (χ1v) is 10.1. The highest BCUT2D eigenvalue weighted by atomic mass is 16.5. The van der Waals surface area contributed by atoms with E-state index in [9.17, 15) is 14.4 Å². The minimum Gasteiger partial charge on any atom is -0.494 e. The second-order valence-electron chi connectivity index (χ2n) is 6.76. The molecule has 0 saturated heterocycles. The number of rotatable bonds is 11. The maximum Gasteiger partial charge on any atom is 0.337 e. The number of esters is 1. The van der Waals surface area contributed by atoms with Gasteiger partial charge in [-0.2, -0.15) is 0 Å². The molecule has 166 valence electrons. The van der Waals surface area contributed by atoms with E-state index in [1.165, 1.54) is 31.4 Å². The van der Waals surface area contributed by atoms with E-state index in [1.54, 1.807) is 31.4 Å². The average molecular weight is 428 g/mol. The van der Waals surface area contributed by atoms with Crippen molar-refractivity contribution in [2.75, 3.05) is 27.4 Å². The molecule has 0 fully saturated rings. The summed E-state index contributed by atoms with van der Waals surface area (Å²) >= 11 is 0. The monoisotopic (exact) mass is 428 g/mol. The van der Waals surface area contributed by atoms with Gasteiger partial charge in [-0.3, -0.25) is 20.4 Å². The van der Waals surface area contributed by atoms with Crippen molar-refractivity contribution < 1.29 is 28.6 Å². The molecule has 0 radical (unpaired) electrons. The van der Waals surface area contributed by atoms with Crippen LogP contribution in [0.25, 0.3) is 0 Å². The van der Waals surface area contributed by atoms with E-state index >= 15 is 0 Å². The van der Waals surface area contributed by atoms with Crippen LogP contribution in [0, 0.1) is 0 Å². The Kier molecular flexibility index (Phi) is 10.0. The molecule has 2 aromatic rings. The quantitative estimate of drug-likeness (QED) is 0.324. The third-order valence-electron chi connectivity index (χ3n) is 4.49. The number of carbonyl (C=O) groups excluding carboxylic acids is 3. The maximum atomic E-state index is 12.2. The lowest BCUT2D eigenvalue weighted by molar-refractivity contribution is 0.0600. The molecule has 0 unspecified atom stereocenters. The van der Waals surface area contributed by atoms with Crippen molar-refractivity contribution in [3.8, 4) is 5.75 Å². The molecule has 2 amide bonds. The predicted molar refractivity (Wildman–Crippen MR) is 115 cm³/mol. The number of unbranched alkanes of at least 4 members (excludes halogenated alkanes) is 3.